The first-order valence-corrected chi connectivity index (χ1v) is 9.55. The van der Waals surface area contributed by atoms with Crippen LogP contribution in [0.2, 0.25) is 0 Å². The Kier molecular flexibility index (Phi) is 8.75. The van der Waals surface area contributed by atoms with Crippen molar-refractivity contribution in [1.82, 2.24) is 20.4 Å². The van der Waals surface area contributed by atoms with Crippen LogP contribution in [0.5, 0.6) is 0 Å². The molecule has 8 heteroatoms. The summed E-state index contributed by atoms with van der Waals surface area (Å²) in [6.45, 7) is 4.91. The van der Waals surface area contributed by atoms with Crippen LogP contribution < -0.4 is 15.5 Å². The Balaban J connectivity index is 0.00000280. The minimum atomic E-state index is 0. The molecule has 0 spiro atoms. The van der Waals surface area contributed by atoms with Crippen LogP contribution in [-0.4, -0.2) is 34.7 Å². The first-order valence-electron chi connectivity index (χ1n) is 9.55. The first kappa shape index (κ1) is 22.2. The molecule has 0 bridgehead atoms. The highest BCUT2D eigenvalue weighted by Gasteiger charge is 2.19. The van der Waals surface area contributed by atoms with Gasteiger partial charge in [-0.3, -0.25) is 9.48 Å². The standard InChI is InChI=1S/C20H28N6O.HI/c1-3-21-20(23-15-18-11-12-24-25(18)2)22-14-16-7-9-17(10-8-16)26-13-5-4-6-19(26)27;/h7-12H,3-6,13-15H2,1-2H3,(H2,21,22,23);1H. The van der Waals surface area contributed by atoms with Crippen molar-refractivity contribution >= 4 is 41.5 Å². The van der Waals surface area contributed by atoms with E-state index < -0.39 is 0 Å². The number of halogens is 1. The fraction of sp³-hybridized carbons (Fsp3) is 0.450. The molecule has 2 heterocycles. The van der Waals surface area contributed by atoms with Gasteiger partial charge in [-0.15, -0.1) is 24.0 Å². The SMILES string of the molecule is CCNC(=NCc1ccc(N2CCCCC2=O)cc1)NCc1ccnn1C.I. The molecule has 2 N–H and O–H groups in total. The maximum Gasteiger partial charge on any atom is 0.226 e. The maximum atomic E-state index is 12.0. The molecule has 1 fully saturated rings. The molecule has 0 aliphatic carbocycles. The lowest BCUT2D eigenvalue weighted by atomic mass is 10.1. The quantitative estimate of drug-likeness (QED) is 0.367. The molecule has 0 radical (unpaired) electrons. The Morgan fingerprint density at radius 3 is 2.61 bits per heavy atom. The molecular formula is C20H29IN6O. The highest BCUT2D eigenvalue weighted by atomic mass is 127. The molecule has 0 unspecified atom stereocenters. The van der Waals surface area contributed by atoms with Crippen molar-refractivity contribution in [3.05, 3.63) is 47.8 Å². The lowest BCUT2D eigenvalue weighted by Crippen LogP contribution is -2.37. The Bertz CT molecular complexity index is 786. The Morgan fingerprint density at radius 2 is 1.96 bits per heavy atom. The number of aryl methyl sites for hydroxylation is 1. The molecule has 3 rings (SSSR count). The number of aromatic nitrogens is 2. The second-order valence-corrected chi connectivity index (χ2v) is 6.66. The van der Waals surface area contributed by atoms with E-state index in [2.05, 4.69) is 20.7 Å². The van der Waals surface area contributed by atoms with Crippen LogP contribution in [0.15, 0.2) is 41.5 Å². The van der Waals surface area contributed by atoms with Gasteiger partial charge < -0.3 is 15.5 Å². The van der Waals surface area contributed by atoms with Crippen molar-refractivity contribution < 1.29 is 4.79 Å². The number of hydrogen-bond donors (Lipinski definition) is 2. The van der Waals surface area contributed by atoms with Gasteiger partial charge in [0.25, 0.3) is 0 Å². The monoisotopic (exact) mass is 496 g/mol. The summed E-state index contributed by atoms with van der Waals surface area (Å²) in [6, 6.07) is 10.1. The van der Waals surface area contributed by atoms with E-state index in [4.69, 9.17) is 0 Å². The van der Waals surface area contributed by atoms with Crippen LogP contribution >= 0.6 is 24.0 Å². The average Bonchev–Trinajstić information content (AvgIpc) is 3.10. The molecule has 0 atom stereocenters. The lowest BCUT2D eigenvalue weighted by Gasteiger charge is -2.26. The van der Waals surface area contributed by atoms with E-state index >= 15 is 0 Å². The number of carbonyl (C=O) groups is 1. The van der Waals surface area contributed by atoms with Crippen molar-refractivity contribution in [2.24, 2.45) is 12.0 Å². The number of nitrogens with one attached hydrogen (secondary N) is 2. The number of benzene rings is 1. The minimum absolute atomic E-state index is 0. The molecular weight excluding hydrogens is 467 g/mol. The Morgan fingerprint density at radius 1 is 1.18 bits per heavy atom. The van der Waals surface area contributed by atoms with Crippen molar-refractivity contribution in [2.45, 2.75) is 39.3 Å². The zero-order valence-electron chi connectivity index (χ0n) is 16.5. The highest BCUT2D eigenvalue weighted by Crippen LogP contribution is 2.21. The molecule has 152 valence electrons. The summed E-state index contributed by atoms with van der Waals surface area (Å²) >= 11 is 0. The zero-order chi connectivity index (χ0) is 19.1. The van der Waals surface area contributed by atoms with Gasteiger partial charge in [-0.2, -0.15) is 5.10 Å². The summed E-state index contributed by atoms with van der Waals surface area (Å²) in [5.74, 6) is 0.995. The molecule has 28 heavy (non-hydrogen) atoms. The molecule has 1 aliphatic heterocycles. The molecule has 1 amide bonds. The summed E-state index contributed by atoms with van der Waals surface area (Å²) in [5, 5.41) is 10.8. The van der Waals surface area contributed by atoms with E-state index in [1.54, 1.807) is 6.20 Å². The smallest absolute Gasteiger partial charge is 0.226 e. The van der Waals surface area contributed by atoms with Gasteiger partial charge in [-0.1, -0.05) is 12.1 Å². The largest absolute Gasteiger partial charge is 0.357 e. The van der Waals surface area contributed by atoms with Crippen LogP contribution in [0, 0.1) is 0 Å². The maximum absolute atomic E-state index is 12.0. The number of piperidine rings is 1. The average molecular weight is 496 g/mol. The Labute approximate surface area is 183 Å². The van der Waals surface area contributed by atoms with Crippen molar-refractivity contribution in [3.8, 4) is 0 Å². The van der Waals surface area contributed by atoms with Gasteiger partial charge >= 0.3 is 0 Å². The van der Waals surface area contributed by atoms with Gasteiger partial charge in [-0.05, 0) is 43.5 Å². The number of carbonyl (C=O) groups excluding carboxylic acids is 1. The molecule has 1 aromatic carbocycles. The predicted molar refractivity (Wildman–Crippen MR) is 123 cm³/mol. The van der Waals surface area contributed by atoms with E-state index in [9.17, 15) is 4.79 Å². The third-order valence-electron chi connectivity index (χ3n) is 4.69. The van der Waals surface area contributed by atoms with Gasteiger partial charge in [0.1, 0.15) is 0 Å². The molecule has 1 saturated heterocycles. The van der Waals surface area contributed by atoms with E-state index in [-0.39, 0.29) is 29.9 Å². The van der Waals surface area contributed by atoms with Gasteiger partial charge in [0.05, 0.1) is 18.8 Å². The van der Waals surface area contributed by atoms with Gasteiger partial charge in [-0.25, -0.2) is 4.99 Å². The van der Waals surface area contributed by atoms with Crippen LogP contribution in [0.25, 0.3) is 0 Å². The summed E-state index contributed by atoms with van der Waals surface area (Å²) in [5.41, 5.74) is 3.19. The van der Waals surface area contributed by atoms with Gasteiger partial charge in [0.15, 0.2) is 5.96 Å². The molecule has 2 aromatic rings. The third-order valence-corrected chi connectivity index (χ3v) is 4.69. The zero-order valence-corrected chi connectivity index (χ0v) is 18.8. The fourth-order valence-corrected chi connectivity index (χ4v) is 3.12. The van der Waals surface area contributed by atoms with Gasteiger partial charge in [0.2, 0.25) is 5.91 Å². The summed E-state index contributed by atoms with van der Waals surface area (Å²) in [7, 11) is 1.93. The second-order valence-electron chi connectivity index (χ2n) is 6.66. The van der Waals surface area contributed by atoms with Crippen LogP contribution in [0.1, 0.15) is 37.4 Å². The topological polar surface area (TPSA) is 74.6 Å². The molecule has 1 aromatic heterocycles. The number of rotatable bonds is 6. The fourth-order valence-electron chi connectivity index (χ4n) is 3.12. The first-order chi connectivity index (χ1) is 13.2. The predicted octanol–water partition coefficient (Wildman–Crippen LogP) is 2.81. The number of guanidine groups is 1. The molecule has 7 nitrogen and oxygen atoms in total. The van der Waals surface area contributed by atoms with Gasteiger partial charge in [0, 0.05) is 38.4 Å². The minimum Gasteiger partial charge on any atom is -0.357 e. The number of nitrogens with zero attached hydrogens (tertiary/aromatic N) is 4. The van der Waals surface area contributed by atoms with E-state index in [0.29, 0.717) is 19.5 Å². The summed E-state index contributed by atoms with van der Waals surface area (Å²) in [6.07, 6.45) is 4.52. The third kappa shape index (κ3) is 5.95. The number of amides is 1. The van der Waals surface area contributed by atoms with Crippen LogP contribution in [-0.2, 0) is 24.9 Å². The highest BCUT2D eigenvalue weighted by molar-refractivity contribution is 14.0. The van der Waals surface area contributed by atoms with E-state index in [1.165, 1.54) is 0 Å². The number of aliphatic imine (C=N–C) groups is 1. The summed E-state index contributed by atoms with van der Waals surface area (Å²) in [4.78, 5) is 18.6. The van der Waals surface area contributed by atoms with Crippen LogP contribution in [0.3, 0.4) is 0 Å². The number of hydrogen-bond acceptors (Lipinski definition) is 3. The van der Waals surface area contributed by atoms with Crippen molar-refractivity contribution in [3.63, 3.8) is 0 Å². The van der Waals surface area contributed by atoms with Crippen molar-refractivity contribution in [2.75, 3.05) is 18.0 Å². The van der Waals surface area contributed by atoms with Crippen molar-refractivity contribution in [1.29, 1.82) is 0 Å². The number of anilines is 1. The Hall–Kier alpha value is -2.10. The van der Waals surface area contributed by atoms with E-state index in [1.807, 2.05) is 53.9 Å². The second kappa shape index (κ2) is 11.0. The lowest BCUT2D eigenvalue weighted by molar-refractivity contribution is -0.119. The van der Waals surface area contributed by atoms with E-state index in [0.717, 1.165) is 48.8 Å². The summed E-state index contributed by atoms with van der Waals surface area (Å²) < 4.78 is 1.84. The van der Waals surface area contributed by atoms with Crippen LogP contribution in [0.4, 0.5) is 5.69 Å². The normalized spacial score (nSPS) is 14.6. The molecule has 1 aliphatic rings. The molecule has 0 saturated carbocycles.